The zero-order chi connectivity index (χ0) is 12.4. The number of nitrogens with one attached hydrogen (secondary N) is 1. The second-order valence-electron chi connectivity index (χ2n) is 4.54. The summed E-state index contributed by atoms with van der Waals surface area (Å²) >= 11 is 3.66. The molecule has 0 unspecified atom stereocenters. The Hall–Kier alpha value is -0.390. The number of halogens is 1. The van der Waals surface area contributed by atoms with Gasteiger partial charge in [-0.2, -0.15) is 5.10 Å². The molecular weight excluding hydrogens is 280 g/mol. The molecule has 1 saturated heterocycles. The molecule has 5 heteroatoms. The van der Waals surface area contributed by atoms with Crippen LogP contribution in [0.3, 0.4) is 0 Å². The minimum atomic E-state index is 0.687. The predicted octanol–water partition coefficient (Wildman–Crippen LogP) is 1.77. The molecule has 0 saturated carbocycles. The Balaban J connectivity index is 2.15. The van der Waals surface area contributed by atoms with E-state index in [2.05, 4.69) is 56.7 Å². The molecule has 0 amide bonds. The first-order chi connectivity index (χ1) is 8.17. The molecule has 0 aromatic carbocycles. The quantitative estimate of drug-likeness (QED) is 0.900. The van der Waals surface area contributed by atoms with Crippen molar-refractivity contribution in [3.8, 4) is 0 Å². The van der Waals surface area contributed by atoms with Gasteiger partial charge in [0.25, 0.3) is 0 Å². The molecule has 17 heavy (non-hydrogen) atoms. The van der Waals surface area contributed by atoms with E-state index in [4.69, 9.17) is 0 Å². The van der Waals surface area contributed by atoms with E-state index in [0.29, 0.717) is 6.04 Å². The molecule has 2 heterocycles. The third kappa shape index (κ3) is 2.56. The Labute approximate surface area is 111 Å². The average molecular weight is 301 g/mol. The normalized spacial score (nSPS) is 16.5. The van der Waals surface area contributed by atoms with E-state index in [0.717, 1.165) is 38.4 Å². The van der Waals surface area contributed by atoms with Gasteiger partial charge in [-0.25, -0.2) is 0 Å². The molecule has 1 N–H and O–H groups in total. The van der Waals surface area contributed by atoms with Crippen LogP contribution in [0.5, 0.6) is 0 Å². The summed E-state index contributed by atoms with van der Waals surface area (Å²) in [6, 6.07) is 0.687. The molecule has 0 radical (unpaired) electrons. The van der Waals surface area contributed by atoms with E-state index in [-0.39, 0.29) is 0 Å². The molecule has 1 aliphatic heterocycles. The van der Waals surface area contributed by atoms with Gasteiger partial charge in [0.2, 0.25) is 0 Å². The molecule has 0 bridgehead atoms. The van der Waals surface area contributed by atoms with Crippen molar-refractivity contribution in [2.45, 2.75) is 39.9 Å². The smallest absolute Gasteiger partial charge is 0.0739 e. The standard InChI is InChI=1S/C12H21BrN4/c1-4-16(10-6-14-7-10)8-11-12(13)9(3)15-17(11)5-2/h10,14H,4-8H2,1-3H3. The minimum Gasteiger partial charge on any atom is -0.314 e. The molecule has 4 nitrogen and oxygen atoms in total. The first-order valence-corrected chi connectivity index (χ1v) is 7.13. The maximum absolute atomic E-state index is 4.55. The maximum atomic E-state index is 4.55. The summed E-state index contributed by atoms with van der Waals surface area (Å²) in [4.78, 5) is 2.52. The Morgan fingerprint density at radius 2 is 2.18 bits per heavy atom. The summed E-state index contributed by atoms with van der Waals surface area (Å²) in [5.41, 5.74) is 2.39. The Morgan fingerprint density at radius 3 is 2.65 bits per heavy atom. The number of aromatic nitrogens is 2. The highest BCUT2D eigenvalue weighted by Crippen LogP contribution is 2.23. The SMILES string of the molecule is CCN(Cc1c(Br)c(C)nn1CC)C1CNC1. The van der Waals surface area contributed by atoms with Crippen LogP contribution < -0.4 is 5.32 Å². The van der Waals surface area contributed by atoms with E-state index in [1.807, 2.05) is 0 Å². The maximum Gasteiger partial charge on any atom is 0.0739 e. The molecule has 96 valence electrons. The van der Waals surface area contributed by atoms with Crippen LogP contribution in [0.1, 0.15) is 25.2 Å². The topological polar surface area (TPSA) is 33.1 Å². The van der Waals surface area contributed by atoms with Gasteiger partial charge in [0, 0.05) is 32.2 Å². The fraction of sp³-hybridized carbons (Fsp3) is 0.750. The van der Waals surface area contributed by atoms with Gasteiger partial charge in [0.1, 0.15) is 0 Å². The lowest BCUT2D eigenvalue weighted by Gasteiger charge is -2.37. The van der Waals surface area contributed by atoms with E-state index >= 15 is 0 Å². The van der Waals surface area contributed by atoms with Crippen LogP contribution in [0.2, 0.25) is 0 Å². The van der Waals surface area contributed by atoms with Crippen molar-refractivity contribution in [2.24, 2.45) is 0 Å². The Morgan fingerprint density at radius 1 is 1.47 bits per heavy atom. The zero-order valence-electron chi connectivity index (χ0n) is 10.8. The lowest BCUT2D eigenvalue weighted by molar-refractivity contribution is 0.141. The van der Waals surface area contributed by atoms with Crippen LogP contribution >= 0.6 is 15.9 Å². The van der Waals surface area contributed by atoms with E-state index in [9.17, 15) is 0 Å². The Kier molecular flexibility index (Phi) is 4.22. The van der Waals surface area contributed by atoms with Gasteiger partial charge in [-0.05, 0) is 36.3 Å². The van der Waals surface area contributed by atoms with Crippen molar-refractivity contribution in [3.63, 3.8) is 0 Å². The highest BCUT2D eigenvalue weighted by atomic mass is 79.9. The molecule has 1 aliphatic rings. The number of hydrogen-bond donors (Lipinski definition) is 1. The summed E-state index contributed by atoms with van der Waals surface area (Å²) in [6.45, 7) is 11.7. The van der Waals surface area contributed by atoms with Crippen LogP contribution in [-0.4, -0.2) is 40.4 Å². The second-order valence-corrected chi connectivity index (χ2v) is 5.33. The fourth-order valence-corrected chi connectivity index (χ4v) is 2.65. The molecule has 2 rings (SSSR count). The van der Waals surface area contributed by atoms with Crippen molar-refractivity contribution in [2.75, 3.05) is 19.6 Å². The number of likely N-dealkylation sites (N-methyl/N-ethyl adjacent to an activating group) is 1. The summed E-state index contributed by atoms with van der Waals surface area (Å²) in [6.07, 6.45) is 0. The van der Waals surface area contributed by atoms with E-state index < -0.39 is 0 Å². The van der Waals surface area contributed by atoms with Crippen LogP contribution in [0.4, 0.5) is 0 Å². The molecule has 1 aromatic rings. The molecule has 1 aromatic heterocycles. The average Bonchev–Trinajstić information content (AvgIpc) is 2.53. The van der Waals surface area contributed by atoms with Crippen LogP contribution in [0.25, 0.3) is 0 Å². The van der Waals surface area contributed by atoms with Crippen molar-refractivity contribution in [3.05, 3.63) is 15.9 Å². The number of hydrogen-bond acceptors (Lipinski definition) is 3. The third-order valence-electron chi connectivity index (χ3n) is 3.49. The summed E-state index contributed by atoms with van der Waals surface area (Å²) in [5.74, 6) is 0. The van der Waals surface area contributed by atoms with Crippen LogP contribution in [-0.2, 0) is 13.1 Å². The largest absolute Gasteiger partial charge is 0.314 e. The summed E-state index contributed by atoms with van der Waals surface area (Å²) in [5, 5.41) is 7.88. The fourth-order valence-electron chi connectivity index (χ4n) is 2.24. The van der Waals surface area contributed by atoms with Gasteiger partial charge in [0.05, 0.1) is 15.9 Å². The van der Waals surface area contributed by atoms with Crippen molar-refractivity contribution in [1.29, 1.82) is 0 Å². The summed E-state index contributed by atoms with van der Waals surface area (Å²) < 4.78 is 3.28. The van der Waals surface area contributed by atoms with Crippen molar-refractivity contribution >= 4 is 15.9 Å². The number of rotatable bonds is 5. The van der Waals surface area contributed by atoms with Gasteiger partial charge < -0.3 is 5.32 Å². The summed E-state index contributed by atoms with van der Waals surface area (Å²) in [7, 11) is 0. The lowest BCUT2D eigenvalue weighted by atomic mass is 10.1. The molecule has 0 atom stereocenters. The highest BCUT2D eigenvalue weighted by molar-refractivity contribution is 9.10. The van der Waals surface area contributed by atoms with Gasteiger partial charge in [-0.15, -0.1) is 0 Å². The van der Waals surface area contributed by atoms with Gasteiger partial charge in [-0.3, -0.25) is 9.58 Å². The third-order valence-corrected chi connectivity index (χ3v) is 4.52. The molecule has 1 fully saturated rings. The minimum absolute atomic E-state index is 0.687. The van der Waals surface area contributed by atoms with Crippen molar-refractivity contribution in [1.82, 2.24) is 20.0 Å². The van der Waals surface area contributed by atoms with E-state index in [1.165, 1.54) is 10.2 Å². The predicted molar refractivity (Wildman–Crippen MR) is 73.1 cm³/mol. The van der Waals surface area contributed by atoms with Crippen molar-refractivity contribution < 1.29 is 0 Å². The molecule has 0 aliphatic carbocycles. The number of aryl methyl sites for hydroxylation is 2. The monoisotopic (exact) mass is 300 g/mol. The van der Waals surface area contributed by atoms with Crippen LogP contribution in [0.15, 0.2) is 4.47 Å². The number of nitrogens with zero attached hydrogens (tertiary/aromatic N) is 3. The van der Waals surface area contributed by atoms with Crippen LogP contribution in [0, 0.1) is 6.92 Å². The lowest BCUT2D eigenvalue weighted by Crippen LogP contribution is -2.56. The van der Waals surface area contributed by atoms with Gasteiger partial charge >= 0.3 is 0 Å². The zero-order valence-corrected chi connectivity index (χ0v) is 12.4. The Bertz CT molecular complexity index is 384. The first-order valence-electron chi connectivity index (χ1n) is 6.33. The van der Waals surface area contributed by atoms with E-state index in [1.54, 1.807) is 0 Å². The first kappa shape index (κ1) is 13.1. The molecule has 0 spiro atoms. The second kappa shape index (κ2) is 5.50. The van der Waals surface area contributed by atoms with Gasteiger partial charge in [0.15, 0.2) is 0 Å². The molecular formula is C12H21BrN4. The van der Waals surface area contributed by atoms with Gasteiger partial charge in [-0.1, -0.05) is 6.92 Å². The highest BCUT2D eigenvalue weighted by Gasteiger charge is 2.25.